The van der Waals surface area contributed by atoms with Gasteiger partial charge in [-0.2, -0.15) is 0 Å². The summed E-state index contributed by atoms with van der Waals surface area (Å²) in [4.78, 5) is 59.0. The third-order valence-electron chi connectivity index (χ3n) is 20.6. The molecule has 704 valence electrons. The molecule has 5 atom stereocenters. The van der Waals surface area contributed by atoms with Gasteiger partial charge >= 0.3 is 33.6 Å². The van der Waals surface area contributed by atoms with Gasteiger partial charge in [-0.15, -0.1) is 0 Å². The summed E-state index contributed by atoms with van der Waals surface area (Å²) >= 11 is 0. The summed E-state index contributed by atoms with van der Waals surface area (Å²) in [7, 11) is -9.84. The Hall–Kier alpha value is -5.35. The van der Waals surface area contributed by atoms with Crippen LogP contribution < -0.4 is 0 Å². The summed E-state index contributed by atoms with van der Waals surface area (Å²) in [6, 6.07) is 0. The van der Waals surface area contributed by atoms with E-state index < -0.39 is 91.5 Å². The molecular weight excluding hydrogens is 1580 g/mol. The SMILES string of the molecule is CC/C=C\C/C=C\C/C=C\C/C=C\C/C=C\C/C=C\CCC(=O)OC(COC(=O)CCCCCCCCCCCCCCCCCCC/C=C\C/C=C\C/C=C\C/C=C\CCCCC)COP(=O)(O)OCC(O)COP(=O)(O)OCC(O)COC(=O)CCCCCCCCCCCCCCCCCCCCC/C=C\C/C=C\C/C=C\C/C=C\C/C=C\CC. The van der Waals surface area contributed by atoms with Crippen molar-refractivity contribution >= 4 is 33.6 Å². The number of hydrogen-bond acceptors (Lipinski definition) is 14. The molecule has 0 saturated heterocycles. The number of phosphoric acid groups is 2. The standard InChI is InChI=1S/C105H178O16P2/c1-4-7-10-13-16-19-22-25-28-31-34-36-38-40-42-44-46-48-49-51-53-54-56-58-60-62-65-67-70-73-76-79-82-85-88-91-103(108)115-94-100(106)95-117-122(111,112)118-96-101(107)97-119-123(113,114)120-99-102(121-105(110)93-90-87-84-81-78-75-72-69-64-33-30-27-24-21-18-15-12-9-6-3)98-116-104(109)92-89-86-83-80-77-74-71-68-66-63-61-59-57-55-52-50-47-45-43-41-39-37-35-32-29-26-23-20-17-14-11-8-5-2/h7,9-10,12,16-21,25-30,34-37,40-43,64,69,75,78,84,87,100-102,106-107H,4-6,8,11,13-15,22-24,31-33,38-39,44-63,65-68,70-74,76-77,79-83,85-86,88-99H2,1-3H3,(H,111,112)(H,113,114)/b10-7-,12-9-,19-16-,20-17-,21-18-,28-25-,29-26-,30-27-,36-34-,37-35-,42-40-,43-41-,69-64-,78-75-,87-84-. The molecule has 0 aliphatic heterocycles. The third-order valence-corrected chi connectivity index (χ3v) is 22.5. The first-order chi connectivity index (χ1) is 60.2. The van der Waals surface area contributed by atoms with Gasteiger partial charge in [0.25, 0.3) is 0 Å². The highest BCUT2D eigenvalue weighted by Crippen LogP contribution is 2.45. The summed E-state index contributed by atoms with van der Waals surface area (Å²) in [5.74, 6) is -1.66. The van der Waals surface area contributed by atoms with E-state index in [0.29, 0.717) is 25.7 Å². The Kier molecular flexibility index (Phi) is 91.6. The van der Waals surface area contributed by atoms with Crippen LogP contribution in [0.5, 0.6) is 0 Å². The molecule has 0 aromatic heterocycles. The molecule has 0 saturated carbocycles. The van der Waals surface area contributed by atoms with Crippen LogP contribution in [0.25, 0.3) is 0 Å². The minimum Gasteiger partial charge on any atom is -0.463 e. The van der Waals surface area contributed by atoms with Crippen LogP contribution in [0.3, 0.4) is 0 Å². The first kappa shape index (κ1) is 118. The Morgan fingerprint density at radius 1 is 0.236 bits per heavy atom. The zero-order valence-electron chi connectivity index (χ0n) is 77.8. The van der Waals surface area contributed by atoms with E-state index in [1.165, 1.54) is 212 Å². The van der Waals surface area contributed by atoms with E-state index in [4.69, 9.17) is 32.3 Å². The van der Waals surface area contributed by atoms with Gasteiger partial charge in [-0.1, -0.05) is 421 Å². The Balaban J connectivity index is 4.52. The van der Waals surface area contributed by atoms with Crippen LogP contribution in [0.15, 0.2) is 182 Å². The van der Waals surface area contributed by atoms with E-state index >= 15 is 0 Å². The fraction of sp³-hybridized carbons (Fsp3) is 0.686. The molecule has 0 amide bonds. The molecule has 0 aromatic rings. The molecule has 0 aliphatic carbocycles. The molecule has 0 aromatic carbocycles. The van der Waals surface area contributed by atoms with Crippen LogP contribution in [0.1, 0.15) is 406 Å². The number of rotatable bonds is 92. The van der Waals surface area contributed by atoms with Gasteiger partial charge in [0.15, 0.2) is 6.10 Å². The lowest BCUT2D eigenvalue weighted by Gasteiger charge is -2.21. The summed E-state index contributed by atoms with van der Waals surface area (Å²) in [6.45, 7) is 2.39. The Bertz CT molecular complexity index is 2970. The van der Waals surface area contributed by atoms with Gasteiger partial charge in [0.05, 0.1) is 26.4 Å². The average Bonchev–Trinajstić information content (AvgIpc) is 0.930. The maximum absolute atomic E-state index is 13.0. The van der Waals surface area contributed by atoms with Gasteiger partial charge in [-0.3, -0.25) is 32.5 Å². The number of carbonyl (C=O) groups excluding carboxylic acids is 3. The van der Waals surface area contributed by atoms with Crippen LogP contribution in [-0.4, -0.2) is 95.9 Å². The van der Waals surface area contributed by atoms with Crippen LogP contribution in [-0.2, 0) is 55.8 Å². The quantitative estimate of drug-likeness (QED) is 0.0146. The van der Waals surface area contributed by atoms with Crippen LogP contribution in [0, 0.1) is 0 Å². The molecule has 0 radical (unpaired) electrons. The lowest BCUT2D eigenvalue weighted by atomic mass is 10.0. The minimum atomic E-state index is -4.96. The highest BCUT2D eigenvalue weighted by atomic mass is 31.2. The molecule has 0 heterocycles. The first-order valence-electron chi connectivity index (χ1n) is 49.1. The number of carbonyl (C=O) groups is 3. The van der Waals surface area contributed by atoms with Crippen molar-refractivity contribution < 1.29 is 75.8 Å². The second-order valence-corrected chi connectivity index (χ2v) is 35.4. The minimum absolute atomic E-state index is 0.0237. The summed E-state index contributed by atoms with van der Waals surface area (Å²) in [5.41, 5.74) is 0. The fourth-order valence-electron chi connectivity index (χ4n) is 13.3. The zero-order chi connectivity index (χ0) is 89.3. The maximum Gasteiger partial charge on any atom is 0.472 e. The zero-order valence-corrected chi connectivity index (χ0v) is 79.6. The lowest BCUT2D eigenvalue weighted by molar-refractivity contribution is -0.161. The van der Waals surface area contributed by atoms with Gasteiger partial charge in [0.2, 0.25) is 0 Å². The van der Waals surface area contributed by atoms with Crippen LogP contribution in [0.4, 0.5) is 0 Å². The van der Waals surface area contributed by atoms with Crippen molar-refractivity contribution in [1.82, 2.24) is 0 Å². The molecular formula is C105H178O16P2. The number of unbranched alkanes of at least 4 members (excludes halogenated alkanes) is 39. The van der Waals surface area contributed by atoms with Crippen LogP contribution >= 0.6 is 15.6 Å². The van der Waals surface area contributed by atoms with Crippen molar-refractivity contribution in [3.8, 4) is 0 Å². The number of aliphatic hydroxyl groups excluding tert-OH is 2. The molecule has 5 unspecified atom stereocenters. The van der Waals surface area contributed by atoms with E-state index in [1.54, 1.807) is 0 Å². The third kappa shape index (κ3) is 97.1. The number of ether oxygens (including phenoxy) is 3. The normalized spacial score (nSPS) is 14.5. The van der Waals surface area contributed by atoms with E-state index in [9.17, 15) is 43.5 Å². The van der Waals surface area contributed by atoms with Crippen molar-refractivity contribution in [2.24, 2.45) is 0 Å². The van der Waals surface area contributed by atoms with Crippen LogP contribution in [0.2, 0.25) is 0 Å². The average molecular weight is 1760 g/mol. The summed E-state index contributed by atoms with van der Waals surface area (Å²) in [5, 5.41) is 20.8. The molecule has 0 rings (SSSR count). The van der Waals surface area contributed by atoms with Crippen molar-refractivity contribution in [2.45, 2.75) is 424 Å². The summed E-state index contributed by atoms with van der Waals surface area (Å²) < 4.78 is 61.4. The van der Waals surface area contributed by atoms with Gasteiger partial charge in [-0.25, -0.2) is 9.13 Å². The molecule has 18 heteroatoms. The van der Waals surface area contributed by atoms with Gasteiger partial charge < -0.3 is 34.2 Å². The molecule has 0 bridgehead atoms. The highest BCUT2D eigenvalue weighted by molar-refractivity contribution is 7.47. The smallest absolute Gasteiger partial charge is 0.463 e. The molecule has 0 fully saturated rings. The van der Waals surface area contributed by atoms with Gasteiger partial charge in [0, 0.05) is 19.3 Å². The Labute approximate surface area is 751 Å². The molecule has 16 nitrogen and oxygen atoms in total. The highest BCUT2D eigenvalue weighted by Gasteiger charge is 2.30. The van der Waals surface area contributed by atoms with E-state index in [0.717, 1.165) is 128 Å². The van der Waals surface area contributed by atoms with Gasteiger partial charge in [-0.05, 0) is 148 Å². The van der Waals surface area contributed by atoms with E-state index in [1.807, 2.05) is 18.2 Å². The van der Waals surface area contributed by atoms with E-state index in [2.05, 4.69) is 185 Å². The lowest BCUT2D eigenvalue weighted by Crippen LogP contribution is -2.29. The summed E-state index contributed by atoms with van der Waals surface area (Å²) in [6.07, 6.45) is 127. The number of allylic oxidation sites excluding steroid dienone is 30. The Morgan fingerprint density at radius 3 is 0.715 bits per heavy atom. The maximum atomic E-state index is 13.0. The van der Waals surface area contributed by atoms with Crippen molar-refractivity contribution in [3.63, 3.8) is 0 Å². The van der Waals surface area contributed by atoms with Crippen molar-refractivity contribution in [3.05, 3.63) is 182 Å². The number of phosphoric ester groups is 2. The second-order valence-electron chi connectivity index (χ2n) is 32.5. The molecule has 0 aliphatic rings. The van der Waals surface area contributed by atoms with E-state index in [-0.39, 0.29) is 19.3 Å². The van der Waals surface area contributed by atoms with Crippen molar-refractivity contribution in [1.29, 1.82) is 0 Å². The van der Waals surface area contributed by atoms with Gasteiger partial charge in [0.1, 0.15) is 25.4 Å². The number of hydrogen-bond donors (Lipinski definition) is 4. The molecule has 0 spiro atoms. The number of aliphatic hydroxyl groups is 2. The van der Waals surface area contributed by atoms with Crippen molar-refractivity contribution in [2.75, 3.05) is 39.6 Å². The molecule has 4 N–H and O–H groups in total. The number of esters is 3. The topological polar surface area (TPSA) is 231 Å². The largest absolute Gasteiger partial charge is 0.472 e. The Morgan fingerprint density at radius 2 is 0.447 bits per heavy atom. The first-order valence-corrected chi connectivity index (χ1v) is 52.1. The fourth-order valence-corrected chi connectivity index (χ4v) is 14.8. The second kappa shape index (κ2) is 95.7. The molecule has 123 heavy (non-hydrogen) atoms. The monoisotopic (exact) mass is 1760 g/mol. The predicted octanol–water partition coefficient (Wildman–Crippen LogP) is 30.8. The predicted molar refractivity (Wildman–Crippen MR) is 518 cm³/mol.